The number of thiophene rings is 1. The van der Waals surface area contributed by atoms with Crippen LogP contribution in [0.4, 0.5) is 13.2 Å². The first-order valence-electron chi connectivity index (χ1n) is 10.5. The number of oxazole rings is 1. The Morgan fingerprint density at radius 3 is 2.74 bits per heavy atom. The third-order valence-electron chi connectivity index (χ3n) is 5.96. The third kappa shape index (κ3) is 3.66. The van der Waals surface area contributed by atoms with E-state index >= 15 is 0 Å². The molecular weight excluding hydrogens is 505 g/mol. The summed E-state index contributed by atoms with van der Waals surface area (Å²) in [5.74, 6) is 0.212. The monoisotopic (exact) mass is 518 g/mol. The molecule has 0 saturated heterocycles. The molecule has 0 radical (unpaired) electrons. The summed E-state index contributed by atoms with van der Waals surface area (Å²) in [6.45, 7) is -0.0547. The van der Waals surface area contributed by atoms with Crippen molar-refractivity contribution in [2.24, 2.45) is 0 Å². The Balaban J connectivity index is 1.67. The Labute approximate surface area is 203 Å². The maximum Gasteiger partial charge on any atom is 0.417 e. The first-order valence-corrected chi connectivity index (χ1v) is 11.7. The number of nitrogens with zero attached hydrogens (tertiary/aromatic N) is 4. The second kappa shape index (κ2) is 7.79. The average molecular weight is 519 g/mol. The zero-order valence-electron chi connectivity index (χ0n) is 17.6. The molecule has 35 heavy (non-hydrogen) atoms. The van der Waals surface area contributed by atoms with Crippen LogP contribution in [0.1, 0.15) is 35.6 Å². The van der Waals surface area contributed by atoms with Crippen LogP contribution in [-0.4, -0.2) is 24.6 Å². The van der Waals surface area contributed by atoms with Crippen LogP contribution in [0.15, 0.2) is 46.2 Å². The van der Waals surface area contributed by atoms with Gasteiger partial charge in [-0.2, -0.15) is 13.2 Å². The SMILES string of the molecule is O=c1c2c(nc(-c3ncc(C(F)(F)F)cc3C3CC3)n1Cc1cnco1)sc1c(O)c(Cl)ccc12. The molecule has 1 fully saturated rings. The summed E-state index contributed by atoms with van der Waals surface area (Å²) in [6.07, 6.45) is 0.318. The topological polar surface area (TPSA) is 94.0 Å². The van der Waals surface area contributed by atoms with Crippen molar-refractivity contribution in [3.63, 3.8) is 0 Å². The van der Waals surface area contributed by atoms with E-state index in [2.05, 4.69) is 15.0 Å². The van der Waals surface area contributed by atoms with Gasteiger partial charge >= 0.3 is 6.18 Å². The van der Waals surface area contributed by atoms with E-state index in [4.69, 9.17) is 16.0 Å². The minimum atomic E-state index is -4.55. The third-order valence-corrected chi connectivity index (χ3v) is 7.37. The minimum Gasteiger partial charge on any atom is -0.505 e. The maximum absolute atomic E-state index is 13.8. The first-order chi connectivity index (χ1) is 16.7. The number of benzene rings is 1. The first kappa shape index (κ1) is 22.1. The van der Waals surface area contributed by atoms with Crippen molar-refractivity contribution in [1.82, 2.24) is 19.5 Å². The van der Waals surface area contributed by atoms with Crippen molar-refractivity contribution in [3.8, 4) is 17.3 Å². The van der Waals surface area contributed by atoms with Crippen LogP contribution in [0, 0.1) is 0 Å². The highest BCUT2D eigenvalue weighted by molar-refractivity contribution is 7.25. The lowest BCUT2D eigenvalue weighted by molar-refractivity contribution is -0.137. The molecular formula is C23H14ClF3N4O3S. The molecule has 0 amide bonds. The summed E-state index contributed by atoms with van der Waals surface area (Å²) in [4.78, 5) is 26.8. The van der Waals surface area contributed by atoms with Crippen molar-refractivity contribution >= 4 is 43.2 Å². The molecule has 4 aromatic heterocycles. The molecule has 12 heteroatoms. The van der Waals surface area contributed by atoms with Crippen LogP contribution in [0.25, 0.3) is 31.8 Å². The van der Waals surface area contributed by atoms with Crippen LogP contribution >= 0.6 is 22.9 Å². The predicted octanol–water partition coefficient (Wildman–Crippen LogP) is 5.96. The lowest BCUT2D eigenvalue weighted by Gasteiger charge is -2.15. The van der Waals surface area contributed by atoms with Crippen molar-refractivity contribution in [2.45, 2.75) is 31.5 Å². The van der Waals surface area contributed by atoms with Gasteiger partial charge in [0, 0.05) is 11.6 Å². The number of alkyl halides is 3. The van der Waals surface area contributed by atoms with E-state index in [-0.39, 0.29) is 40.1 Å². The molecule has 1 aliphatic rings. The van der Waals surface area contributed by atoms with Gasteiger partial charge in [-0.25, -0.2) is 9.97 Å². The van der Waals surface area contributed by atoms with Gasteiger partial charge in [-0.1, -0.05) is 17.7 Å². The number of phenolic OH excluding ortho intramolecular Hbond substituents is 1. The van der Waals surface area contributed by atoms with Crippen LogP contribution in [0.5, 0.6) is 5.75 Å². The molecule has 1 aromatic carbocycles. The molecule has 4 heterocycles. The highest BCUT2D eigenvalue weighted by Gasteiger charge is 2.36. The number of halogens is 4. The molecule has 6 rings (SSSR count). The van der Waals surface area contributed by atoms with Crippen molar-refractivity contribution < 1.29 is 22.7 Å². The molecule has 7 nitrogen and oxygen atoms in total. The maximum atomic E-state index is 13.8. The fourth-order valence-corrected chi connectivity index (χ4v) is 5.44. The van der Waals surface area contributed by atoms with Gasteiger partial charge in [-0.15, -0.1) is 11.3 Å². The molecule has 5 aromatic rings. The summed E-state index contributed by atoms with van der Waals surface area (Å²) in [5.41, 5.74) is -0.698. The van der Waals surface area contributed by atoms with E-state index in [1.807, 2.05) is 0 Å². The van der Waals surface area contributed by atoms with E-state index in [0.717, 1.165) is 36.4 Å². The molecule has 0 unspecified atom stereocenters. The lowest BCUT2D eigenvalue weighted by atomic mass is 10.0. The Morgan fingerprint density at radius 1 is 1.26 bits per heavy atom. The van der Waals surface area contributed by atoms with Crippen LogP contribution in [0.3, 0.4) is 0 Å². The number of hydrogen-bond acceptors (Lipinski definition) is 7. The number of hydrogen-bond donors (Lipinski definition) is 1. The molecule has 1 N–H and O–H groups in total. The molecule has 0 spiro atoms. The quantitative estimate of drug-likeness (QED) is 0.315. The minimum absolute atomic E-state index is 0.0547. The van der Waals surface area contributed by atoms with Crippen molar-refractivity contribution in [2.75, 3.05) is 0 Å². The largest absolute Gasteiger partial charge is 0.505 e. The van der Waals surface area contributed by atoms with Gasteiger partial charge in [-0.05, 0) is 36.5 Å². The van der Waals surface area contributed by atoms with E-state index in [1.54, 1.807) is 6.07 Å². The zero-order valence-corrected chi connectivity index (χ0v) is 19.2. The van der Waals surface area contributed by atoms with Gasteiger partial charge in [0.15, 0.2) is 18.0 Å². The predicted molar refractivity (Wildman–Crippen MR) is 124 cm³/mol. The second-order valence-electron chi connectivity index (χ2n) is 8.28. The standard InChI is InChI=1S/C23H14ClF3N4O3S/c24-15-4-3-13-16-21(35-19(13)18(15)32)30-20(31(22(16)33)8-12-7-28-9-34-12)17-14(10-1-2-10)5-11(6-29-17)23(25,26)27/h3-7,9-10,32H,1-2,8H2. The van der Waals surface area contributed by atoms with Crippen LogP contribution in [0.2, 0.25) is 5.02 Å². The smallest absolute Gasteiger partial charge is 0.417 e. The summed E-state index contributed by atoms with van der Waals surface area (Å²) in [6, 6.07) is 4.21. The van der Waals surface area contributed by atoms with E-state index in [0.29, 0.717) is 26.2 Å². The number of pyridine rings is 1. The van der Waals surface area contributed by atoms with Crippen molar-refractivity contribution in [3.05, 3.63) is 69.3 Å². The molecule has 0 bridgehead atoms. The van der Waals surface area contributed by atoms with Gasteiger partial charge in [0.1, 0.15) is 16.3 Å². The van der Waals surface area contributed by atoms with Gasteiger partial charge in [0.2, 0.25) is 0 Å². The summed E-state index contributed by atoms with van der Waals surface area (Å²) >= 11 is 7.13. The van der Waals surface area contributed by atoms with Gasteiger partial charge in [-0.3, -0.25) is 14.3 Å². The zero-order chi connectivity index (χ0) is 24.5. The Hall–Kier alpha value is -3.44. The van der Waals surface area contributed by atoms with Gasteiger partial charge in [0.25, 0.3) is 5.56 Å². The Bertz CT molecular complexity index is 1670. The molecule has 0 aliphatic heterocycles. The highest BCUT2D eigenvalue weighted by atomic mass is 35.5. The number of aromatic nitrogens is 4. The summed E-state index contributed by atoms with van der Waals surface area (Å²) < 4.78 is 47.3. The Kier molecular flexibility index (Phi) is 4.91. The molecule has 1 aliphatic carbocycles. The molecule has 178 valence electrons. The molecule has 1 saturated carbocycles. The number of fused-ring (bicyclic) bond motifs is 3. The fourth-order valence-electron chi connectivity index (χ4n) is 4.12. The van der Waals surface area contributed by atoms with Crippen LogP contribution in [-0.2, 0) is 12.7 Å². The van der Waals surface area contributed by atoms with E-state index in [1.165, 1.54) is 23.2 Å². The number of phenols is 1. The van der Waals surface area contributed by atoms with Gasteiger partial charge < -0.3 is 9.52 Å². The normalized spacial score (nSPS) is 14.3. The summed E-state index contributed by atoms with van der Waals surface area (Å²) in [5, 5.41) is 11.3. The van der Waals surface area contributed by atoms with Crippen LogP contribution < -0.4 is 5.56 Å². The molecule has 0 atom stereocenters. The number of aromatic hydroxyl groups is 1. The fraction of sp³-hybridized carbons (Fsp3) is 0.217. The lowest BCUT2D eigenvalue weighted by Crippen LogP contribution is -2.24. The van der Waals surface area contributed by atoms with Gasteiger partial charge in [0.05, 0.1) is 33.4 Å². The second-order valence-corrected chi connectivity index (χ2v) is 9.69. The van der Waals surface area contributed by atoms with E-state index in [9.17, 15) is 23.1 Å². The summed E-state index contributed by atoms with van der Waals surface area (Å²) in [7, 11) is 0. The van der Waals surface area contributed by atoms with Crippen molar-refractivity contribution in [1.29, 1.82) is 0 Å². The average Bonchev–Trinajstić information content (AvgIpc) is 3.40. The Morgan fingerprint density at radius 2 is 2.06 bits per heavy atom. The number of rotatable bonds is 4. The highest BCUT2D eigenvalue weighted by Crippen LogP contribution is 2.46. The van der Waals surface area contributed by atoms with E-state index < -0.39 is 17.3 Å².